The van der Waals surface area contributed by atoms with Crippen LogP contribution in [0, 0.1) is 0 Å². The molecular formula is C21H45NaO8S2. The van der Waals surface area contributed by atoms with Crippen LogP contribution in [0.4, 0.5) is 0 Å². The Morgan fingerprint density at radius 1 is 0.688 bits per heavy atom. The molecule has 0 bridgehead atoms. The Bertz CT molecular complexity index is 608. The fourth-order valence-electron chi connectivity index (χ4n) is 3.72. The topological polar surface area (TPSA) is 138 Å². The summed E-state index contributed by atoms with van der Waals surface area (Å²) in [4.78, 5) is 0. The summed E-state index contributed by atoms with van der Waals surface area (Å²) in [6.45, 7) is 2.90. The van der Waals surface area contributed by atoms with Gasteiger partial charge < -0.3 is 9.84 Å². The van der Waals surface area contributed by atoms with Gasteiger partial charge in [0.05, 0.1) is 12.7 Å². The minimum atomic E-state index is -5.15. The van der Waals surface area contributed by atoms with Crippen molar-refractivity contribution in [3.05, 3.63) is 0 Å². The monoisotopic (exact) mass is 512 g/mol. The van der Waals surface area contributed by atoms with Crippen molar-refractivity contribution in [1.82, 2.24) is 0 Å². The first-order valence-electron chi connectivity index (χ1n) is 11.7. The van der Waals surface area contributed by atoms with Gasteiger partial charge in [-0.1, -0.05) is 96.8 Å². The molecule has 8 nitrogen and oxygen atoms in total. The fraction of sp³-hybridized carbons (Fsp3) is 1.00. The summed E-state index contributed by atoms with van der Waals surface area (Å²) in [6.07, 6.45) is 15.5. The first kappa shape index (κ1) is 34.9. The van der Waals surface area contributed by atoms with Crippen LogP contribution in [0.3, 0.4) is 0 Å². The summed E-state index contributed by atoms with van der Waals surface area (Å²) in [7, 11) is -10.3. The van der Waals surface area contributed by atoms with Crippen molar-refractivity contribution in [3.63, 3.8) is 0 Å². The van der Waals surface area contributed by atoms with Gasteiger partial charge in [0, 0.05) is 0 Å². The number of aliphatic hydroxyl groups excluding tert-OH is 1. The summed E-state index contributed by atoms with van der Waals surface area (Å²) in [5, 5.41) is 9.29. The zero-order valence-electron chi connectivity index (χ0n) is 19.2. The van der Waals surface area contributed by atoms with Crippen LogP contribution in [0.2, 0.25) is 0 Å². The van der Waals surface area contributed by atoms with E-state index in [4.69, 9.17) is 13.8 Å². The normalized spacial score (nSPS) is 14.3. The molecule has 32 heavy (non-hydrogen) atoms. The third-order valence-corrected chi connectivity index (χ3v) is 8.68. The Morgan fingerprint density at radius 3 is 1.34 bits per heavy atom. The molecule has 0 aliphatic carbocycles. The van der Waals surface area contributed by atoms with Crippen LogP contribution < -0.4 is 0 Å². The second kappa shape index (κ2) is 20.0. The van der Waals surface area contributed by atoms with Gasteiger partial charge in [0.15, 0.2) is 0 Å². The van der Waals surface area contributed by atoms with E-state index in [-0.39, 0.29) is 29.6 Å². The molecule has 0 heterocycles. The molecule has 0 aliphatic heterocycles. The fourth-order valence-corrected chi connectivity index (χ4v) is 6.02. The molecule has 0 saturated carbocycles. The molecule has 0 rings (SSSR count). The van der Waals surface area contributed by atoms with Crippen molar-refractivity contribution in [2.24, 2.45) is 0 Å². The van der Waals surface area contributed by atoms with Crippen molar-refractivity contribution in [1.29, 1.82) is 0 Å². The van der Waals surface area contributed by atoms with Gasteiger partial charge in [-0.25, -0.2) is 0 Å². The van der Waals surface area contributed by atoms with E-state index < -0.39 is 43.6 Å². The first-order valence-corrected chi connectivity index (χ1v) is 14.7. The zero-order valence-corrected chi connectivity index (χ0v) is 20.9. The third-order valence-electron chi connectivity index (χ3n) is 5.44. The third kappa shape index (κ3) is 18.1. The van der Waals surface area contributed by atoms with E-state index in [1.165, 1.54) is 70.6 Å². The Hall–Kier alpha value is 0.740. The molecule has 0 aliphatic rings. The van der Waals surface area contributed by atoms with Crippen LogP contribution in [0.15, 0.2) is 0 Å². The molecule has 2 atom stereocenters. The SMILES string of the molecule is CCCCCCCCCCCCCCCCC(C)OC(CO)C(S(=O)(=O)O)S(=O)(=O)O.[NaH]. The standard InChI is InChI=1S/C21H44O8S2.Na.H/c1-3-4-5-6-7-8-9-10-11-12-13-14-15-16-17-19(2)29-20(18-22)21(30(23,24)25)31(26,27)28;;/h19-22H,3-18H2,1-2H3,(H,23,24,25)(H,26,27,28);;. The average Bonchev–Trinajstić information content (AvgIpc) is 2.65. The molecular weight excluding hydrogens is 467 g/mol. The molecule has 0 fully saturated rings. The number of hydrogen-bond donors (Lipinski definition) is 3. The van der Waals surface area contributed by atoms with Crippen LogP contribution in [-0.2, 0) is 25.0 Å². The number of rotatable bonds is 21. The Balaban J connectivity index is 0. The van der Waals surface area contributed by atoms with Crippen LogP contribution in [0.5, 0.6) is 0 Å². The maximum absolute atomic E-state index is 11.3. The predicted molar refractivity (Wildman–Crippen MR) is 130 cm³/mol. The molecule has 0 spiro atoms. The first-order chi connectivity index (χ1) is 14.5. The van der Waals surface area contributed by atoms with Gasteiger partial charge in [-0.15, -0.1) is 0 Å². The van der Waals surface area contributed by atoms with Gasteiger partial charge in [-0.3, -0.25) is 9.11 Å². The molecule has 0 aromatic rings. The number of hydrogen-bond acceptors (Lipinski definition) is 6. The summed E-state index contributed by atoms with van der Waals surface area (Å²) in [6, 6.07) is 0. The number of aliphatic hydroxyl groups is 1. The second-order valence-electron chi connectivity index (χ2n) is 8.45. The second-order valence-corrected chi connectivity index (χ2v) is 11.8. The Labute approximate surface area is 218 Å². The molecule has 0 amide bonds. The van der Waals surface area contributed by atoms with Crippen LogP contribution in [-0.4, -0.2) is 84.0 Å². The predicted octanol–water partition coefficient (Wildman–Crippen LogP) is 4.08. The molecule has 0 aromatic carbocycles. The van der Waals surface area contributed by atoms with Gasteiger partial charge in [0.2, 0.25) is 4.58 Å². The molecule has 0 saturated heterocycles. The van der Waals surface area contributed by atoms with Crippen molar-refractivity contribution >= 4 is 49.8 Å². The van der Waals surface area contributed by atoms with E-state index in [0.29, 0.717) is 6.42 Å². The van der Waals surface area contributed by atoms with Crippen molar-refractivity contribution in [2.75, 3.05) is 6.61 Å². The molecule has 0 aromatic heterocycles. The van der Waals surface area contributed by atoms with E-state index in [1.54, 1.807) is 6.92 Å². The van der Waals surface area contributed by atoms with E-state index in [1.807, 2.05) is 0 Å². The van der Waals surface area contributed by atoms with Crippen molar-refractivity contribution in [3.8, 4) is 0 Å². The summed E-state index contributed by atoms with van der Waals surface area (Å²) < 4.78 is 66.0. The van der Waals surface area contributed by atoms with Gasteiger partial charge in [-0.05, 0) is 13.3 Å². The van der Waals surface area contributed by atoms with Crippen LogP contribution in [0.25, 0.3) is 0 Å². The quantitative estimate of drug-likeness (QED) is 0.119. The number of ether oxygens (including phenoxy) is 1. The summed E-state index contributed by atoms with van der Waals surface area (Å²) >= 11 is 0. The molecule has 2 unspecified atom stereocenters. The van der Waals surface area contributed by atoms with E-state index in [9.17, 15) is 21.9 Å². The Kier molecular flexibility index (Phi) is 21.8. The van der Waals surface area contributed by atoms with Crippen LogP contribution >= 0.6 is 0 Å². The van der Waals surface area contributed by atoms with Gasteiger partial charge in [0.1, 0.15) is 6.10 Å². The van der Waals surface area contributed by atoms with E-state index in [2.05, 4.69) is 6.92 Å². The van der Waals surface area contributed by atoms with Crippen LogP contribution in [0.1, 0.15) is 110 Å². The number of unbranched alkanes of at least 4 members (excludes halogenated alkanes) is 13. The zero-order chi connectivity index (χ0) is 23.8. The Morgan fingerprint density at radius 2 is 1.03 bits per heavy atom. The summed E-state index contributed by atoms with van der Waals surface area (Å²) in [5.41, 5.74) is 0. The van der Waals surface area contributed by atoms with Crippen molar-refractivity contribution < 1.29 is 35.8 Å². The van der Waals surface area contributed by atoms with E-state index in [0.717, 1.165) is 19.3 Å². The van der Waals surface area contributed by atoms with Gasteiger partial charge in [0.25, 0.3) is 20.2 Å². The maximum atomic E-state index is 11.3. The molecule has 3 N–H and O–H groups in total. The minimum absolute atomic E-state index is 0. The molecule has 190 valence electrons. The van der Waals surface area contributed by atoms with Gasteiger partial charge in [-0.2, -0.15) is 16.8 Å². The molecule has 11 heteroatoms. The molecule has 0 radical (unpaired) electrons. The van der Waals surface area contributed by atoms with E-state index >= 15 is 0 Å². The summed E-state index contributed by atoms with van der Waals surface area (Å²) in [5.74, 6) is 0. The average molecular weight is 513 g/mol. The van der Waals surface area contributed by atoms with Gasteiger partial charge >= 0.3 is 29.6 Å². The van der Waals surface area contributed by atoms with Crippen molar-refractivity contribution in [2.45, 2.75) is 127 Å².